The van der Waals surface area contributed by atoms with E-state index in [2.05, 4.69) is 73.7 Å². The molecule has 0 spiro atoms. The number of rotatable bonds is 16. The predicted octanol–water partition coefficient (Wildman–Crippen LogP) is 8.99. The molecule has 5 aromatic carbocycles. The number of para-hydroxylation sites is 1. The molecular formula is C43H46O5. The first-order valence-corrected chi connectivity index (χ1v) is 17.1. The van der Waals surface area contributed by atoms with Crippen molar-refractivity contribution in [2.24, 2.45) is 5.92 Å². The summed E-state index contributed by atoms with van der Waals surface area (Å²) in [5.74, 6) is 0.876. The molecule has 0 aliphatic heterocycles. The van der Waals surface area contributed by atoms with Gasteiger partial charge in [-0.15, -0.1) is 0 Å². The van der Waals surface area contributed by atoms with E-state index in [9.17, 15) is 0 Å². The van der Waals surface area contributed by atoms with Crippen molar-refractivity contribution < 1.29 is 23.7 Å². The van der Waals surface area contributed by atoms with Crippen molar-refractivity contribution in [2.45, 2.75) is 70.6 Å². The smallest absolute Gasteiger partial charge is 0.128 e. The van der Waals surface area contributed by atoms with Gasteiger partial charge in [0.15, 0.2) is 0 Å². The second-order valence-electron chi connectivity index (χ2n) is 12.4. The molecule has 0 aromatic heterocycles. The molecule has 0 amide bonds. The molecule has 0 bridgehead atoms. The van der Waals surface area contributed by atoms with Crippen LogP contribution in [0.4, 0.5) is 0 Å². The minimum atomic E-state index is -0.421. The summed E-state index contributed by atoms with van der Waals surface area (Å²) < 4.78 is 34.0. The molecule has 0 N–H and O–H groups in total. The highest BCUT2D eigenvalue weighted by atomic mass is 16.6. The average molecular weight is 643 g/mol. The third kappa shape index (κ3) is 9.42. The van der Waals surface area contributed by atoms with E-state index >= 15 is 0 Å². The Morgan fingerprint density at radius 3 is 1.44 bits per heavy atom. The Kier molecular flexibility index (Phi) is 12.4. The summed E-state index contributed by atoms with van der Waals surface area (Å²) in [6.45, 7) is 4.51. The summed E-state index contributed by atoms with van der Waals surface area (Å²) in [4.78, 5) is 0. The second-order valence-corrected chi connectivity index (χ2v) is 12.4. The molecule has 5 aromatic rings. The quantitative estimate of drug-likeness (QED) is 0.108. The Labute approximate surface area is 285 Å². The molecule has 0 radical (unpaired) electrons. The molecule has 0 heterocycles. The summed E-state index contributed by atoms with van der Waals surface area (Å²) >= 11 is 0. The Bertz CT molecular complexity index is 1610. The van der Waals surface area contributed by atoms with Gasteiger partial charge in [-0.3, -0.25) is 0 Å². The summed E-state index contributed by atoms with van der Waals surface area (Å²) in [6, 6.07) is 49.5. The fourth-order valence-corrected chi connectivity index (χ4v) is 6.41. The van der Waals surface area contributed by atoms with Crippen molar-refractivity contribution >= 4 is 0 Å². The molecule has 248 valence electrons. The SMILES string of the molecule is CCc1ccccc1O[C@@H]1C[C@H](COCc2ccccc2)[C@@H](OCc2ccccc2)[C@H](OCc2ccccc2)[C@H]1OCc1ccccc1. The molecule has 0 saturated heterocycles. The molecule has 6 rings (SSSR count). The number of benzene rings is 5. The van der Waals surface area contributed by atoms with Crippen LogP contribution in [0, 0.1) is 5.92 Å². The molecule has 0 unspecified atom stereocenters. The Morgan fingerprint density at radius 2 is 0.917 bits per heavy atom. The number of aryl methyl sites for hydroxylation is 1. The zero-order chi connectivity index (χ0) is 32.8. The fourth-order valence-electron chi connectivity index (χ4n) is 6.41. The van der Waals surface area contributed by atoms with Gasteiger partial charge in [0, 0.05) is 5.92 Å². The van der Waals surface area contributed by atoms with E-state index in [1.165, 1.54) is 5.56 Å². The zero-order valence-electron chi connectivity index (χ0n) is 27.7. The third-order valence-electron chi connectivity index (χ3n) is 8.94. The van der Waals surface area contributed by atoms with E-state index in [0.29, 0.717) is 39.5 Å². The standard InChI is InChI=1S/C43H46O5/c1-2-37-25-15-16-26-39(37)48-40-27-38(32-44-28-33-17-7-3-8-18-33)41(45-29-34-19-9-4-10-20-34)43(47-31-36-23-13-6-14-24-36)42(40)46-30-35-21-11-5-12-22-35/h3-26,38,40-43H,2,27-32H2,1H3/t38-,40-,41-,42+,43+/m1/s1. The highest BCUT2D eigenvalue weighted by Crippen LogP contribution is 2.37. The van der Waals surface area contributed by atoms with E-state index in [4.69, 9.17) is 23.7 Å². The molecule has 1 fully saturated rings. The summed E-state index contributed by atoms with van der Waals surface area (Å²) in [7, 11) is 0. The van der Waals surface area contributed by atoms with Crippen LogP contribution in [0.3, 0.4) is 0 Å². The molecule has 1 aliphatic rings. The van der Waals surface area contributed by atoms with Gasteiger partial charge in [0.2, 0.25) is 0 Å². The fraction of sp³-hybridized carbons (Fsp3) is 0.302. The van der Waals surface area contributed by atoms with Crippen molar-refractivity contribution in [3.63, 3.8) is 0 Å². The van der Waals surface area contributed by atoms with E-state index in [1.807, 2.05) is 78.9 Å². The van der Waals surface area contributed by atoms with Crippen LogP contribution in [0.5, 0.6) is 5.75 Å². The maximum atomic E-state index is 6.95. The monoisotopic (exact) mass is 642 g/mol. The van der Waals surface area contributed by atoms with Gasteiger partial charge < -0.3 is 23.7 Å². The van der Waals surface area contributed by atoms with Gasteiger partial charge in [-0.2, -0.15) is 0 Å². The zero-order valence-corrected chi connectivity index (χ0v) is 27.7. The van der Waals surface area contributed by atoms with Gasteiger partial charge in [-0.05, 0) is 46.7 Å². The molecule has 5 nitrogen and oxygen atoms in total. The largest absolute Gasteiger partial charge is 0.487 e. The van der Waals surface area contributed by atoms with Crippen molar-refractivity contribution in [3.8, 4) is 5.75 Å². The van der Waals surface area contributed by atoms with Gasteiger partial charge in [0.25, 0.3) is 0 Å². The molecule has 5 heteroatoms. The normalized spacial score (nSPS) is 20.7. The van der Waals surface area contributed by atoms with Crippen molar-refractivity contribution in [1.82, 2.24) is 0 Å². The van der Waals surface area contributed by atoms with Gasteiger partial charge >= 0.3 is 0 Å². The topological polar surface area (TPSA) is 46.2 Å². The second kappa shape index (κ2) is 17.8. The van der Waals surface area contributed by atoms with E-state index in [-0.39, 0.29) is 18.1 Å². The molecule has 48 heavy (non-hydrogen) atoms. The Hall–Kier alpha value is -4.26. The summed E-state index contributed by atoms with van der Waals surface area (Å²) in [5.41, 5.74) is 5.61. The molecule has 5 atom stereocenters. The van der Waals surface area contributed by atoms with Crippen molar-refractivity contribution in [3.05, 3.63) is 173 Å². The Balaban J connectivity index is 1.33. The van der Waals surface area contributed by atoms with Gasteiger partial charge in [0.1, 0.15) is 24.1 Å². The van der Waals surface area contributed by atoms with Crippen molar-refractivity contribution in [2.75, 3.05) is 6.61 Å². The van der Waals surface area contributed by atoms with Crippen LogP contribution in [-0.2, 0) is 51.8 Å². The lowest BCUT2D eigenvalue weighted by atomic mass is 9.80. The van der Waals surface area contributed by atoms with Crippen LogP contribution in [0.1, 0.15) is 41.2 Å². The summed E-state index contributed by atoms with van der Waals surface area (Å²) in [6.07, 6.45) is 0.159. The van der Waals surface area contributed by atoms with Crippen LogP contribution in [-0.4, -0.2) is 31.0 Å². The number of ether oxygens (including phenoxy) is 5. The van der Waals surface area contributed by atoms with Crippen LogP contribution in [0.15, 0.2) is 146 Å². The highest BCUT2D eigenvalue weighted by Gasteiger charge is 2.48. The van der Waals surface area contributed by atoms with Crippen molar-refractivity contribution in [1.29, 1.82) is 0 Å². The number of hydrogen-bond acceptors (Lipinski definition) is 5. The number of hydrogen-bond donors (Lipinski definition) is 0. The lowest BCUT2D eigenvalue weighted by Crippen LogP contribution is -2.59. The lowest BCUT2D eigenvalue weighted by Gasteiger charge is -2.46. The first-order chi connectivity index (χ1) is 23.8. The lowest BCUT2D eigenvalue weighted by molar-refractivity contribution is -0.220. The predicted molar refractivity (Wildman–Crippen MR) is 189 cm³/mol. The van der Waals surface area contributed by atoms with Crippen LogP contribution in [0.25, 0.3) is 0 Å². The van der Waals surface area contributed by atoms with Gasteiger partial charge in [-0.25, -0.2) is 0 Å². The first-order valence-electron chi connectivity index (χ1n) is 17.1. The average Bonchev–Trinajstić information content (AvgIpc) is 3.15. The third-order valence-corrected chi connectivity index (χ3v) is 8.94. The van der Waals surface area contributed by atoms with Gasteiger partial charge in [0.05, 0.1) is 39.1 Å². The minimum absolute atomic E-state index is 0.00596. The van der Waals surface area contributed by atoms with Crippen LogP contribution >= 0.6 is 0 Å². The summed E-state index contributed by atoms with van der Waals surface area (Å²) in [5, 5.41) is 0. The molecule has 1 aliphatic carbocycles. The highest BCUT2D eigenvalue weighted by molar-refractivity contribution is 5.33. The van der Waals surface area contributed by atoms with Crippen LogP contribution < -0.4 is 4.74 Å². The maximum absolute atomic E-state index is 6.95. The molecular weight excluding hydrogens is 596 g/mol. The first kappa shape index (κ1) is 33.6. The minimum Gasteiger partial charge on any atom is -0.487 e. The van der Waals surface area contributed by atoms with Gasteiger partial charge in [-0.1, -0.05) is 146 Å². The van der Waals surface area contributed by atoms with E-state index < -0.39 is 12.2 Å². The van der Waals surface area contributed by atoms with E-state index in [1.54, 1.807) is 0 Å². The maximum Gasteiger partial charge on any atom is 0.128 e. The van der Waals surface area contributed by atoms with Crippen LogP contribution in [0.2, 0.25) is 0 Å². The molecule has 1 saturated carbocycles. The van der Waals surface area contributed by atoms with E-state index in [0.717, 1.165) is 34.4 Å². The Morgan fingerprint density at radius 1 is 0.479 bits per heavy atom.